The number of likely N-dealkylation sites (tertiary alicyclic amines) is 1. The minimum Gasteiger partial charge on any atom is -0.325 e. The summed E-state index contributed by atoms with van der Waals surface area (Å²) in [7, 11) is 0. The molecule has 3 nitrogen and oxygen atoms in total. The van der Waals surface area contributed by atoms with Crippen molar-refractivity contribution >= 4 is 27.6 Å². The van der Waals surface area contributed by atoms with Gasteiger partial charge < -0.3 is 10.2 Å². The van der Waals surface area contributed by atoms with Crippen LogP contribution < -0.4 is 5.32 Å². The van der Waals surface area contributed by atoms with E-state index in [9.17, 15) is 4.79 Å². The SMILES string of the molecule is Cc1cc(Br)cc(NC(=O)N2CCCCCC2)c1. The van der Waals surface area contributed by atoms with Gasteiger partial charge in [0.2, 0.25) is 0 Å². The van der Waals surface area contributed by atoms with E-state index in [2.05, 4.69) is 21.2 Å². The molecular formula is C14H19BrN2O. The second-order valence-corrected chi connectivity index (χ2v) is 5.76. The molecule has 1 aromatic rings. The minimum atomic E-state index is 0.0226. The van der Waals surface area contributed by atoms with Crippen molar-refractivity contribution in [3.63, 3.8) is 0 Å². The predicted molar refractivity (Wildman–Crippen MR) is 77.9 cm³/mol. The number of aryl methyl sites for hydroxylation is 1. The Labute approximate surface area is 117 Å². The van der Waals surface area contributed by atoms with Crippen molar-refractivity contribution in [2.45, 2.75) is 32.6 Å². The number of carbonyl (C=O) groups is 1. The normalized spacial score (nSPS) is 16.2. The number of rotatable bonds is 1. The first-order chi connectivity index (χ1) is 8.65. The van der Waals surface area contributed by atoms with Crippen molar-refractivity contribution in [1.29, 1.82) is 0 Å². The Morgan fingerprint density at radius 2 is 1.83 bits per heavy atom. The number of hydrogen-bond acceptors (Lipinski definition) is 1. The average Bonchev–Trinajstić information content (AvgIpc) is 2.55. The van der Waals surface area contributed by atoms with Gasteiger partial charge in [0.05, 0.1) is 0 Å². The largest absolute Gasteiger partial charge is 0.325 e. The Morgan fingerprint density at radius 1 is 1.17 bits per heavy atom. The second kappa shape index (κ2) is 6.23. The molecule has 1 saturated heterocycles. The van der Waals surface area contributed by atoms with Crippen molar-refractivity contribution in [3.8, 4) is 0 Å². The number of benzene rings is 1. The Bertz CT molecular complexity index is 406. The van der Waals surface area contributed by atoms with E-state index in [0.29, 0.717) is 0 Å². The van der Waals surface area contributed by atoms with Crippen LogP contribution in [-0.4, -0.2) is 24.0 Å². The van der Waals surface area contributed by atoms with Crippen LogP contribution >= 0.6 is 15.9 Å². The molecule has 1 aromatic carbocycles. The number of amides is 2. The van der Waals surface area contributed by atoms with Crippen molar-refractivity contribution < 1.29 is 4.79 Å². The molecule has 4 heteroatoms. The lowest BCUT2D eigenvalue weighted by Gasteiger charge is -2.21. The third kappa shape index (κ3) is 3.73. The minimum absolute atomic E-state index is 0.0226. The zero-order valence-corrected chi connectivity index (χ0v) is 12.3. The highest BCUT2D eigenvalue weighted by atomic mass is 79.9. The lowest BCUT2D eigenvalue weighted by molar-refractivity contribution is 0.214. The Kier molecular flexibility index (Phi) is 4.64. The van der Waals surface area contributed by atoms with Gasteiger partial charge in [0.25, 0.3) is 0 Å². The van der Waals surface area contributed by atoms with E-state index < -0.39 is 0 Å². The summed E-state index contributed by atoms with van der Waals surface area (Å²) in [4.78, 5) is 14.1. The molecular weight excluding hydrogens is 292 g/mol. The van der Waals surface area contributed by atoms with E-state index in [1.165, 1.54) is 12.8 Å². The number of hydrogen-bond donors (Lipinski definition) is 1. The number of urea groups is 1. The van der Waals surface area contributed by atoms with Crippen LogP contribution in [0.15, 0.2) is 22.7 Å². The highest BCUT2D eigenvalue weighted by Crippen LogP contribution is 2.20. The zero-order chi connectivity index (χ0) is 13.0. The Hall–Kier alpha value is -1.03. The molecule has 2 amide bonds. The molecule has 1 heterocycles. The number of nitrogens with zero attached hydrogens (tertiary/aromatic N) is 1. The summed E-state index contributed by atoms with van der Waals surface area (Å²) in [5, 5.41) is 2.98. The van der Waals surface area contributed by atoms with Gasteiger partial charge in [0.1, 0.15) is 0 Å². The van der Waals surface area contributed by atoms with Gasteiger partial charge in [-0.15, -0.1) is 0 Å². The van der Waals surface area contributed by atoms with Gasteiger partial charge in [0.15, 0.2) is 0 Å². The van der Waals surface area contributed by atoms with Gasteiger partial charge in [-0.1, -0.05) is 28.8 Å². The van der Waals surface area contributed by atoms with Crippen LogP contribution in [0.3, 0.4) is 0 Å². The molecule has 1 aliphatic rings. The van der Waals surface area contributed by atoms with Crippen molar-refractivity contribution in [3.05, 3.63) is 28.2 Å². The quantitative estimate of drug-likeness (QED) is 0.829. The van der Waals surface area contributed by atoms with Crippen LogP contribution in [0.1, 0.15) is 31.2 Å². The van der Waals surface area contributed by atoms with Gasteiger partial charge in [-0.05, 0) is 43.5 Å². The van der Waals surface area contributed by atoms with Crippen molar-refractivity contribution in [2.24, 2.45) is 0 Å². The molecule has 1 fully saturated rings. The molecule has 98 valence electrons. The molecule has 0 spiro atoms. The molecule has 1 aliphatic heterocycles. The summed E-state index contributed by atoms with van der Waals surface area (Å²) in [5.41, 5.74) is 1.99. The van der Waals surface area contributed by atoms with Crippen LogP contribution in [0, 0.1) is 6.92 Å². The molecule has 0 saturated carbocycles. The van der Waals surface area contributed by atoms with Crippen LogP contribution in [0.2, 0.25) is 0 Å². The number of halogens is 1. The smallest absolute Gasteiger partial charge is 0.321 e. The lowest BCUT2D eigenvalue weighted by Crippen LogP contribution is -2.35. The topological polar surface area (TPSA) is 32.3 Å². The molecule has 0 aliphatic carbocycles. The van der Waals surface area contributed by atoms with Crippen LogP contribution in [0.5, 0.6) is 0 Å². The van der Waals surface area contributed by atoms with E-state index in [0.717, 1.165) is 41.7 Å². The summed E-state index contributed by atoms with van der Waals surface area (Å²) < 4.78 is 0.994. The summed E-state index contributed by atoms with van der Waals surface area (Å²) in [5.74, 6) is 0. The van der Waals surface area contributed by atoms with E-state index in [4.69, 9.17) is 0 Å². The van der Waals surface area contributed by atoms with E-state index in [-0.39, 0.29) is 6.03 Å². The fraction of sp³-hybridized carbons (Fsp3) is 0.500. The molecule has 18 heavy (non-hydrogen) atoms. The molecule has 2 rings (SSSR count). The Morgan fingerprint density at radius 3 is 2.44 bits per heavy atom. The molecule has 0 atom stereocenters. The standard InChI is InChI=1S/C14H19BrN2O/c1-11-8-12(15)10-13(9-11)16-14(18)17-6-4-2-3-5-7-17/h8-10H,2-7H2,1H3,(H,16,18). The average molecular weight is 311 g/mol. The van der Waals surface area contributed by atoms with Gasteiger partial charge in [-0.3, -0.25) is 0 Å². The summed E-state index contributed by atoms with van der Waals surface area (Å²) in [6, 6.07) is 5.97. The highest BCUT2D eigenvalue weighted by Gasteiger charge is 2.15. The first kappa shape index (κ1) is 13.4. The first-order valence-electron chi connectivity index (χ1n) is 6.48. The molecule has 1 N–H and O–H groups in total. The van der Waals surface area contributed by atoms with Crippen LogP contribution in [-0.2, 0) is 0 Å². The fourth-order valence-corrected chi connectivity index (χ4v) is 2.89. The maximum atomic E-state index is 12.1. The molecule has 0 bridgehead atoms. The number of carbonyl (C=O) groups excluding carboxylic acids is 1. The maximum Gasteiger partial charge on any atom is 0.321 e. The number of anilines is 1. The van der Waals surface area contributed by atoms with E-state index in [1.807, 2.05) is 30.0 Å². The van der Waals surface area contributed by atoms with Gasteiger partial charge in [-0.25, -0.2) is 4.79 Å². The molecule has 0 aromatic heterocycles. The van der Waals surface area contributed by atoms with Crippen LogP contribution in [0.25, 0.3) is 0 Å². The molecule has 0 radical (unpaired) electrons. The summed E-state index contributed by atoms with van der Waals surface area (Å²) >= 11 is 3.45. The van der Waals surface area contributed by atoms with E-state index >= 15 is 0 Å². The third-order valence-electron chi connectivity index (χ3n) is 3.19. The first-order valence-corrected chi connectivity index (χ1v) is 7.27. The highest BCUT2D eigenvalue weighted by molar-refractivity contribution is 9.10. The summed E-state index contributed by atoms with van der Waals surface area (Å²) in [6.07, 6.45) is 4.70. The monoisotopic (exact) mass is 310 g/mol. The van der Waals surface area contributed by atoms with E-state index in [1.54, 1.807) is 0 Å². The molecule has 0 unspecified atom stereocenters. The van der Waals surface area contributed by atoms with Crippen molar-refractivity contribution in [1.82, 2.24) is 4.90 Å². The second-order valence-electron chi connectivity index (χ2n) is 4.85. The van der Waals surface area contributed by atoms with Gasteiger partial charge in [0, 0.05) is 23.2 Å². The summed E-state index contributed by atoms with van der Waals surface area (Å²) in [6.45, 7) is 3.77. The van der Waals surface area contributed by atoms with Gasteiger partial charge in [-0.2, -0.15) is 0 Å². The lowest BCUT2D eigenvalue weighted by atomic mass is 10.2. The van der Waals surface area contributed by atoms with Crippen LogP contribution in [0.4, 0.5) is 10.5 Å². The predicted octanol–water partition coefficient (Wildman–Crippen LogP) is 4.17. The number of nitrogens with one attached hydrogen (secondary N) is 1. The fourth-order valence-electron chi connectivity index (χ4n) is 2.28. The third-order valence-corrected chi connectivity index (χ3v) is 3.64. The van der Waals surface area contributed by atoms with Crippen molar-refractivity contribution in [2.75, 3.05) is 18.4 Å². The zero-order valence-electron chi connectivity index (χ0n) is 10.7. The van der Waals surface area contributed by atoms with Gasteiger partial charge >= 0.3 is 6.03 Å². The Balaban J connectivity index is 2.01. The maximum absolute atomic E-state index is 12.1.